The normalized spacial score (nSPS) is 23.6. The van der Waals surface area contributed by atoms with Crippen LogP contribution >= 0.6 is 0 Å². The van der Waals surface area contributed by atoms with Crippen LogP contribution in [0.2, 0.25) is 4.31 Å². The van der Waals surface area contributed by atoms with Crippen molar-refractivity contribution in [2.45, 2.75) is 22.8 Å². The van der Waals surface area contributed by atoms with Crippen molar-refractivity contribution in [2.24, 2.45) is 0 Å². The van der Waals surface area contributed by atoms with Gasteiger partial charge < -0.3 is 0 Å². The molecule has 24 heavy (non-hydrogen) atoms. The second-order valence-electron chi connectivity index (χ2n) is 6.35. The molecule has 0 radical (unpaired) electrons. The summed E-state index contributed by atoms with van der Waals surface area (Å²) in [6.45, 7) is 0. The molecule has 1 nitrogen and oxygen atoms in total. The molecule has 2 heteroatoms. The van der Waals surface area contributed by atoms with Crippen LogP contribution in [0.4, 0.5) is 0 Å². The number of aliphatic hydroxyl groups is 1. The Labute approximate surface area is 149 Å². The molecule has 0 heterocycles. The van der Waals surface area contributed by atoms with Gasteiger partial charge in [0.2, 0.25) is 0 Å². The molecule has 1 fully saturated rings. The first kappa shape index (κ1) is 15.7. The van der Waals surface area contributed by atoms with Crippen molar-refractivity contribution in [3.05, 3.63) is 102 Å². The summed E-state index contributed by atoms with van der Waals surface area (Å²) in [7, 11) is 0. The van der Waals surface area contributed by atoms with Crippen molar-refractivity contribution in [1.82, 2.24) is 0 Å². The van der Waals surface area contributed by atoms with E-state index in [9.17, 15) is 5.11 Å². The predicted octanol–water partition coefficient (Wildman–Crippen LogP) is 4.10. The van der Waals surface area contributed by atoms with Gasteiger partial charge in [-0.3, -0.25) is 0 Å². The number of aliphatic hydroxyl groups excluding tert-OH is 1. The quantitative estimate of drug-likeness (QED) is 0.662. The molecule has 1 N–H and O–H groups in total. The van der Waals surface area contributed by atoms with E-state index in [1.807, 2.05) is 30.3 Å². The molecule has 1 saturated carbocycles. The molecule has 0 spiro atoms. The first-order chi connectivity index (χ1) is 11.8. The summed E-state index contributed by atoms with van der Waals surface area (Å²) in [6, 6.07) is 31.4. The van der Waals surface area contributed by atoms with E-state index in [0.29, 0.717) is 5.92 Å². The Balaban J connectivity index is 1.69. The Morgan fingerprint density at radius 2 is 1.33 bits per heavy atom. The molecule has 1 aliphatic rings. The molecule has 3 aromatic rings. The fourth-order valence-corrected chi connectivity index (χ4v) is 6.61. The molecule has 0 bridgehead atoms. The van der Waals surface area contributed by atoms with Gasteiger partial charge in [0.05, 0.1) is 0 Å². The second-order valence-corrected chi connectivity index (χ2v) is 9.36. The van der Waals surface area contributed by atoms with E-state index in [2.05, 4.69) is 60.7 Å². The molecular formula is C22H20OSe. The fraction of sp³-hybridized carbons (Fsp3) is 0.182. The molecule has 0 aliphatic heterocycles. The van der Waals surface area contributed by atoms with E-state index < -0.39 is 6.10 Å². The number of hydrogen-bond acceptors (Lipinski definition) is 1. The molecule has 3 atom stereocenters. The maximum atomic E-state index is 11.2. The molecule has 1 unspecified atom stereocenters. The van der Waals surface area contributed by atoms with Gasteiger partial charge in [-0.05, 0) is 0 Å². The summed E-state index contributed by atoms with van der Waals surface area (Å²) in [4.78, 5) is 0. The molecule has 120 valence electrons. The van der Waals surface area contributed by atoms with Gasteiger partial charge >= 0.3 is 149 Å². The SMILES string of the molecule is OC(c1ccccc1)[C@@]1([Se]c2ccccc2)C[C@H]1c1ccccc1. The van der Waals surface area contributed by atoms with Gasteiger partial charge in [0.25, 0.3) is 0 Å². The zero-order chi connectivity index (χ0) is 16.4. The minimum absolute atomic E-state index is 0.0446. The van der Waals surface area contributed by atoms with Crippen molar-refractivity contribution in [3.63, 3.8) is 0 Å². The van der Waals surface area contributed by atoms with Gasteiger partial charge in [0.1, 0.15) is 0 Å². The second kappa shape index (κ2) is 6.56. The van der Waals surface area contributed by atoms with Gasteiger partial charge in [0, 0.05) is 0 Å². The standard InChI is InChI=1S/C22H20OSe/c23-21(18-12-6-2-7-13-18)22(24-19-14-8-3-9-15-19)16-20(22)17-10-4-1-5-11-17/h1-15,20-21,23H,16H2/t20-,21?,22+/m0/s1. The summed E-state index contributed by atoms with van der Waals surface area (Å²) < 4.78 is 1.32. The van der Waals surface area contributed by atoms with Crippen molar-refractivity contribution in [1.29, 1.82) is 0 Å². The number of rotatable bonds is 5. The van der Waals surface area contributed by atoms with Gasteiger partial charge in [-0.15, -0.1) is 0 Å². The molecule has 4 rings (SSSR count). The van der Waals surface area contributed by atoms with E-state index >= 15 is 0 Å². The minimum atomic E-state index is -0.413. The van der Waals surface area contributed by atoms with Crippen LogP contribution in [-0.4, -0.2) is 20.1 Å². The maximum absolute atomic E-state index is 11.2. The zero-order valence-corrected chi connectivity index (χ0v) is 15.1. The molecule has 0 saturated heterocycles. The van der Waals surface area contributed by atoms with Crippen LogP contribution in [0.1, 0.15) is 29.6 Å². The van der Waals surface area contributed by atoms with Crippen molar-refractivity contribution < 1.29 is 5.11 Å². The van der Waals surface area contributed by atoms with Crippen LogP contribution in [0.3, 0.4) is 0 Å². The third-order valence-electron chi connectivity index (χ3n) is 4.78. The van der Waals surface area contributed by atoms with Crippen LogP contribution in [-0.2, 0) is 0 Å². The third kappa shape index (κ3) is 2.93. The van der Waals surface area contributed by atoms with Gasteiger partial charge in [-0.1, -0.05) is 0 Å². The summed E-state index contributed by atoms with van der Waals surface area (Å²) in [5, 5.41) is 11.2. The molecule has 3 aromatic carbocycles. The Kier molecular flexibility index (Phi) is 4.28. The zero-order valence-electron chi connectivity index (χ0n) is 13.4. The van der Waals surface area contributed by atoms with Crippen LogP contribution < -0.4 is 4.46 Å². The van der Waals surface area contributed by atoms with E-state index in [1.165, 1.54) is 10.0 Å². The Hall–Kier alpha value is -1.86. The molecule has 0 amide bonds. The molecule has 1 aliphatic carbocycles. The first-order valence-corrected chi connectivity index (χ1v) is 10.0. The van der Waals surface area contributed by atoms with Gasteiger partial charge in [-0.2, -0.15) is 0 Å². The Morgan fingerprint density at radius 3 is 1.96 bits per heavy atom. The number of hydrogen-bond donors (Lipinski definition) is 1. The third-order valence-corrected chi connectivity index (χ3v) is 8.06. The van der Waals surface area contributed by atoms with Crippen LogP contribution in [0, 0.1) is 0 Å². The van der Waals surface area contributed by atoms with Crippen molar-refractivity contribution in [2.75, 3.05) is 0 Å². The van der Waals surface area contributed by atoms with E-state index in [1.54, 1.807) is 0 Å². The van der Waals surface area contributed by atoms with Crippen LogP contribution in [0.15, 0.2) is 91.0 Å². The van der Waals surface area contributed by atoms with Crippen molar-refractivity contribution >= 4 is 19.4 Å². The molecule has 0 aromatic heterocycles. The average Bonchev–Trinajstić information content (AvgIpc) is 3.39. The van der Waals surface area contributed by atoms with E-state index in [4.69, 9.17) is 0 Å². The average molecular weight is 379 g/mol. The van der Waals surface area contributed by atoms with Gasteiger partial charge in [0.15, 0.2) is 0 Å². The van der Waals surface area contributed by atoms with E-state index in [-0.39, 0.29) is 19.3 Å². The summed E-state index contributed by atoms with van der Waals surface area (Å²) in [6.07, 6.45) is 0.645. The summed E-state index contributed by atoms with van der Waals surface area (Å²) in [5.41, 5.74) is 2.39. The number of benzene rings is 3. The van der Waals surface area contributed by atoms with Gasteiger partial charge in [-0.25, -0.2) is 0 Å². The Morgan fingerprint density at radius 1 is 0.792 bits per heavy atom. The monoisotopic (exact) mass is 380 g/mol. The Bertz CT molecular complexity index is 788. The summed E-state index contributed by atoms with van der Waals surface area (Å²) >= 11 is 0.226. The van der Waals surface area contributed by atoms with Crippen LogP contribution in [0.5, 0.6) is 0 Å². The first-order valence-electron chi connectivity index (χ1n) is 8.32. The molecular weight excluding hydrogens is 359 g/mol. The van der Waals surface area contributed by atoms with Crippen molar-refractivity contribution in [3.8, 4) is 0 Å². The van der Waals surface area contributed by atoms with Crippen LogP contribution in [0.25, 0.3) is 0 Å². The predicted molar refractivity (Wildman–Crippen MR) is 99.7 cm³/mol. The van der Waals surface area contributed by atoms with E-state index in [0.717, 1.165) is 12.0 Å². The fourth-order valence-electron chi connectivity index (χ4n) is 3.44. The topological polar surface area (TPSA) is 20.2 Å². The summed E-state index contributed by atoms with van der Waals surface area (Å²) in [5.74, 6) is 0.439.